The van der Waals surface area contributed by atoms with E-state index >= 15 is 0 Å². The highest BCUT2D eigenvalue weighted by Gasteiger charge is 2.27. The van der Waals surface area contributed by atoms with Crippen molar-refractivity contribution in [2.45, 2.75) is 43.9 Å². The molecule has 1 aliphatic carbocycles. The summed E-state index contributed by atoms with van der Waals surface area (Å²) in [6, 6.07) is 20.6. The molecule has 0 amide bonds. The normalized spacial score (nSPS) is 19.5. The lowest BCUT2D eigenvalue weighted by Crippen LogP contribution is -2.37. The van der Waals surface area contributed by atoms with Gasteiger partial charge >= 0.3 is 5.69 Å². The summed E-state index contributed by atoms with van der Waals surface area (Å²) in [6.07, 6.45) is 4.69. The van der Waals surface area contributed by atoms with E-state index in [9.17, 15) is 9.59 Å². The fraction of sp³-hybridized carbons (Fsp3) is 0.333. The third-order valence-electron chi connectivity index (χ3n) is 6.06. The van der Waals surface area contributed by atoms with E-state index in [0.717, 1.165) is 42.5 Å². The van der Waals surface area contributed by atoms with E-state index in [4.69, 9.17) is 0 Å². The van der Waals surface area contributed by atoms with Gasteiger partial charge in [-0.3, -0.25) is 9.36 Å². The Bertz CT molecular complexity index is 1040. The van der Waals surface area contributed by atoms with Crippen molar-refractivity contribution in [1.29, 1.82) is 0 Å². The molecule has 4 heteroatoms. The van der Waals surface area contributed by atoms with Crippen molar-refractivity contribution in [3.63, 3.8) is 0 Å². The van der Waals surface area contributed by atoms with E-state index in [2.05, 4.69) is 35.3 Å². The van der Waals surface area contributed by atoms with Crippen molar-refractivity contribution in [2.24, 2.45) is 7.05 Å². The van der Waals surface area contributed by atoms with Crippen LogP contribution < -0.4 is 11.2 Å². The molecule has 1 aliphatic rings. The molecule has 0 bridgehead atoms. The molecule has 0 spiro atoms. The first-order chi connectivity index (χ1) is 13.6. The monoisotopic (exact) mass is 374 g/mol. The minimum atomic E-state index is -0.318. The summed E-state index contributed by atoms with van der Waals surface area (Å²) in [6.45, 7) is 0. The molecule has 0 saturated heterocycles. The summed E-state index contributed by atoms with van der Waals surface area (Å²) in [5.74, 6) is 0.800. The van der Waals surface area contributed by atoms with Crippen molar-refractivity contribution in [1.82, 2.24) is 9.55 Å². The van der Waals surface area contributed by atoms with Crippen molar-refractivity contribution < 1.29 is 0 Å². The molecule has 144 valence electrons. The Kier molecular flexibility index (Phi) is 5.29. The first-order valence-electron chi connectivity index (χ1n) is 10.0. The largest absolute Gasteiger partial charge is 0.328 e. The number of hydrogen-bond donors (Lipinski definition) is 1. The maximum absolute atomic E-state index is 12.9. The number of benzene rings is 2. The summed E-state index contributed by atoms with van der Waals surface area (Å²) >= 11 is 0. The van der Waals surface area contributed by atoms with Gasteiger partial charge in [0.15, 0.2) is 0 Å². The standard InChI is InChI=1S/C24H26N2O2/c1-26-23(27)21(16-17-8-4-2-5-9-17)22(25-24(26)28)20-14-12-19(13-15-20)18-10-6-3-7-11-18/h2-11,19-20H,12-16H2,1H3,(H,25,28)/t19-,20-. The SMILES string of the molecule is Cn1c(=O)[nH]c([C@H]2CC[C@H](c3ccccc3)CC2)c(Cc2ccccc2)c1=O. The smallest absolute Gasteiger partial charge is 0.310 e. The van der Waals surface area contributed by atoms with E-state index in [1.807, 2.05) is 30.3 Å². The average molecular weight is 374 g/mol. The Hall–Kier alpha value is -2.88. The molecular weight excluding hydrogens is 348 g/mol. The molecule has 1 fully saturated rings. The predicted molar refractivity (Wildman–Crippen MR) is 112 cm³/mol. The fourth-order valence-electron chi connectivity index (χ4n) is 4.44. The van der Waals surface area contributed by atoms with Gasteiger partial charge < -0.3 is 4.98 Å². The molecule has 3 aromatic rings. The first kappa shape index (κ1) is 18.5. The molecule has 28 heavy (non-hydrogen) atoms. The second-order valence-corrected chi connectivity index (χ2v) is 7.81. The van der Waals surface area contributed by atoms with E-state index in [-0.39, 0.29) is 17.2 Å². The van der Waals surface area contributed by atoms with Gasteiger partial charge in [0.05, 0.1) is 0 Å². The number of nitrogens with one attached hydrogen (secondary N) is 1. The van der Waals surface area contributed by atoms with Gasteiger partial charge in [0.1, 0.15) is 0 Å². The number of nitrogens with zero attached hydrogens (tertiary/aromatic N) is 1. The highest BCUT2D eigenvalue weighted by Crippen LogP contribution is 2.40. The zero-order valence-electron chi connectivity index (χ0n) is 16.2. The number of H-pyrrole nitrogens is 1. The van der Waals surface area contributed by atoms with Crippen LogP contribution >= 0.6 is 0 Å². The quantitative estimate of drug-likeness (QED) is 0.747. The van der Waals surface area contributed by atoms with Crippen LogP contribution in [0.3, 0.4) is 0 Å². The molecule has 0 unspecified atom stereocenters. The van der Waals surface area contributed by atoms with Gasteiger partial charge in [0, 0.05) is 24.7 Å². The summed E-state index contributed by atoms with van der Waals surface area (Å²) in [5, 5.41) is 0. The third-order valence-corrected chi connectivity index (χ3v) is 6.06. The lowest BCUT2D eigenvalue weighted by Gasteiger charge is -2.30. The van der Waals surface area contributed by atoms with Crippen LogP contribution in [-0.4, -0.2) is 9.55 Å². The molecule has 2 aromatic carbocycles. The second-order valence-electron chi connectivity index (χ2n) is 7.81. The third kappa shape index (κ3) is 3.72. The van der Waals surface area contributed by atoms with E-state index in [1.165, 1.54) is 10.1 Å². The van der Waals surface area contributed by atoms with E-state index < -0.39 is 0 Å². The number of hydrogen-bond acceptors (Lipinski definition) is 2. The van der Waals surface area contributed by atoms with Crippen LogP contribution in [0.25, 0.3) is 0 Å². The Morgan fingerprint density at radius 3 is 2.07 bits per heavy atom. The lowest BCUT2D eigenvalue weighted by atomic mass is 9.76. The van der Waals surface area contributed by atoms with Gasteiger partial charge in [-0.25, -0.2) is 4.79 Å². The van der Waals surface area contributed by atoms with E-state index in [0.29, 0.717) is 12.3 Å². The van der Waals surface area contributed by atoms with Crippen molar-refractivity contribution in [2.75, 3.05) is 0 Å². The zero-order chi connectivity index (χ0) is 19.5. The predicted octanol–water partition coefficient (Wildman–Crippen LogP) is 4.11. The highest BCUT2D eigenvalue weighted by atomic mass is 16.2. The number of rotatable bonds is 4. The van der Waals surface area contributed by atoms with Crippen molar-refractivity contribution in [3.05, 3.63) is 104 Å². The van der Waals surface area contributed by atoms with Gasteiger partial charge in [-0.05, 0) is 48.6 Å². The summed E-state index contributed by atoms with van der Waals surface area (Å²) < 4.78 is 1.19. The Morgan fingerprint density at radius 2 is 1.43 bits per heavy atom. The van der Waals surface area contributed by atoms with Crippen LogP contribution in [0.15, 0.2) is 70.3 Å². The molecule has 1 aromatic heterocycles. The van der Waals surface area contributed by atoms with Crippen LogP contribution in [0.1, 0.15) is 59.9 Å². The van der Waals surface area contributed by atoms with Gasteiger partial charge in [-0.15, -0.1) is 0 Å². The van der Waals surface area contributed by atoms with Crippen LogP contribution in [-0.2, 0) is 13.5 Å². The van der Waals surface area contributed by atoms with Crippen molar-refractivity contribution in [3.8, 4) is 0 Å². The molecule has 4 rings (SSSR count). The molecule has 1 heterocycles. The molecule has 0 aliphatic heterocycles. The molecule has 1 N–H and O–H groups in total. The molecule has 1 saturated carbocycles. The van der Waals surface area contributed by atoms with Gasteiger partial charge in [0.25, 0.3) is 5.56 Å². The molecule has 0 atom stereocenters. The average Bonchev–Trinajstić information content (AvgIpc) is 2.75. The lowest BCUT2D eigenvalue weighted by molar-refractivity contribution is 0.387. The minimum absolute atomic E-state index is 0.173. The molecule has 0 radical (unpaired) electrons. The van der Waals surface area contributed by atoms with Gasteiger partial charge in [-0.2, -0.15) is 0 Å². The first-order valence-corrected chi connectivity index (χ1v) is 10.0. The maximum atomic E-state index is 12.9. The fourth-order valence-corrected chi connectivity index (χ4v) is 4.44. The van der Waals surface area contributed by atoms with Crippen LogP contribution in [0.4, 0.5) is 0 Å². The number of aromatic amines is 1. The Morgan fingerprint density at radius 1 is 0.857 bits per heavy atom. The summed E-state index contributed by atoms with van der Waals surface area (Å²) in [5.41, 5.74) is 3.57. The van der Waals surface area contributed by atoms with Crippen LogP contribution in [0.2, 0.25) is 0 Å². The van der Waals surface area contributed by atoms with Crippen LogP contribution in [0, 0.1) is 0 Å². The Balaban J connectivity index is 1.62. The molecule has 4 nitrogen and oxygen atoms in total. The maximum Gasteiger partial charge on any atom is 0.328 e. The Labute approximate surface area is 164 Å². The number of aromatic nitrogens is 2. The van der Waals surface area contributed by atoms with E-state index in [1.54, 1.807) is 7.05 Å². The van der Waals surface area contributed by atoms with Gasteiger partial charge in [-0.1, -0.05) is 60.7 Å². The second kappa shape index (κ2) is 8.01. The summed E-state index contributed by atoms with van der Waals surface area (Å²) in [4.78, 5) is 28.2. The highest BCUT2D eigenvalue weighted by molar-refractivity contribution is 5.30. The summed E-state index contributed by atoms with van der Waals surface area (Å²) in [7, 11) is 1.55. The minimum Gasteiger partial charge on any atom is -0.310 e. The molecular formula is C24H26N2O2. The van der Waals surface area contributed by atoms with Crippen molar-refractivity contribution >= 4 is 0 Å². The zero-order valence-corrected chi connectivity index (χ0v) is 16.2. The van der Waals surface area contributed by atoms with Crippen LogP contribution in [0.5, 0.6) is 0 Å². The topological polar surface area (TPSA) is 54.9 Å². The van der Waals surface area contributed by atoms with Gasteiger partial charge in [0.2, 0.25) is 0 Å².